The fourth-order valence-electron chi connectivity index (χ4n) is 3.05. The van der Waals surface area contributed by atoms with E-state index < -0.39 is 0 Å². The third-order valence-corrected chi connectivity index (χ3v) is 4.26. The Balaban J connectivity index is 1.69. The van der Waals surface area contributed by atoms with Gasteiger partial charge in [0, 0.05) is 29.8 Å². The van der Waals surface area contributed by atoms with Gasteiger partial charge in [0.1, 0.15) is 0 Å². The SMILES string of the molecule is Cc1cc2cc(N)ccc2n(CCCOC2CCCCO2)c1=O. The van der Waals surface area contributed by atoms with E-state index in [0.29, 0.717) is 18.8 Å². The van der Waals surface area contributed by atoms with Crippen molar-refractivity contribution in [3.8, 4) is 0 Å². The number of fused-ring (bicyclic) bond motifs is 1. The Bertz CT molecular complexity index is 733. The minimum Gasteiger partial charge on any atom is -0.399 e. The average molecular weight is 316 g/mol. The third-order valence-electron chi connectivity index (χ3n) is 4.26. The molecule has 0 radical (unpaired) electrons. The summed E-state index contributed by atoms with van der Waals surface area (Å²) in [6.45, 7) is 3.86. The van der Waals surface area contributed by atoms with Gasteiger partial charge in [-0.25, -0.2) is 0 Å². The minimum atomic E-state index is -0.0745. The van der Waals surface area contributed by atoms with Crippen LogP contribution in [0.4, 0.5) is 5.69 Å². The van der Waals surface area contributed by atoms with E-state index in [1.165, 1.54) is 0 Å². The molecular formula is C18H24N2O3. The summed E-state index contributed by atoms with van der Waals surface area (Å²) in [5, 5.41) is 0.999. The second-order valence-electron chi connectivity index (χ2n) is 6.12. The van der Waals surface area contributed by atoms with Crippen LogP contribution in [0.5, 0.6) is 0 Å². The summed E-state index contributed by atoms with van der Waals surface area (Å²) in [7, 11) is 0. The second-order valence-corrected chi connectivity index (χ2v) is 6.12. The zero-order valence-corrected chi connectivity index (χ0v) is 13.6. The van der Waals surface area contributed by atoms with Crippen molar-refractivity contribution in [1.82, 2.24) is 4.57 Å². The molecule has 0 amide bonds. The summed E-state index contributed by atoms with van der Waals surface area (Å²) in [4.78, 5) is 12.4. The Morgan fingerprint density at radius 2 is 2.22 bits per heavy atom. The van der Waals surface area contributed by atoms with Gasteiger partial charge in [-0.15, -0.1) is 0 Å². The van der Waals surface area contributed by atoms with Gasteiger partial charge in [0.15, 0.2) is 6.29 Å². The van der Waals surface area contributed by atoms with Crippen LogP contribution in [0.15, 0.2) is 29.1 Å². The van der Waals surface area contributed by atoms with Crippen molar-refractivity contribution in [3.05, 3.63) is 40.2 Å². The molecule has 1 fully saturated rings. The number of nitrogens with two attached hydrogens (primary N) is 1. The first-order chi connectivity index (χ1) is 11.1. The van der Waals surface area contributed by atoms with E-state index >= 15 is 0 Å². The summed E-state index contributed by atoms with van der Waals surface area (Å²) in [5.74, 6) is 0. The van der Waals surface area contributed by atoms with Crippen LogP contribution < -0.4 is 11.3 Å². The molecule has 0 spiro atoms. The van der Waals surface area contributed by atoms with E-state index in [2.05, 4.69) is 0 Å². The van der Waals surface area contributed by atoms with Gasteiger partial charge in [0.2, 0.25) is 0 Å². The Morgan fingerprint density at radius 1 is 1.35 bits per heavy atom. The lowest BCUT2D eigenvalue weighted by Gasteiger charge is -2.22. The summed E-state index contributed by atoms with van der Waals surface area (Å²) >= 11 is 0. The Kier molecular flexibility index (Phi) is 4.98. The molecule has 5 heteroatoms. The smallest absolute Gasteiger partial charge is 0.253 e. The lowest BCUT2D eigenvalue weighted by Crippen LogP contribution is -2.25. The number of anilines is 1. The van der Waals surface area contributed by atoms with Crippen LogP contribution in [0.3, 0.4) is 0 Å². The zero-order chi connectivity index (χ0) is 16.2. The molecule has 1 saturated heterocycles. The molecule has 5 nitrogen and oxygen atoms in total. The highest BCUT2D eigenvalue weighted by Crippen LogP contribution is 2.18. The van der Waals surface area contributed by atoms with E-state index in [0.717, 1.165) is 48.8 Å². The number of rotatable bonds is 5. The largest absolute Gasteiger partial charge is 0.399 e. The van der Waals surface area contributed by atoms with E-state index in [4.69, 9.17) is 15.2 Å². The Hall–Kier alpha value is -1.85. The Labute approximate surface area is 136 Å². The molecule has 124 valence electrons. The summed E-state index contributed by atoms with van der Waals surface area (Å²) < 4.78 is 13.1. The van der Waals surface area contributed by atoms with Crippen LogP contribution in [0.1, 0.15) is 31.2 Å². The molecule has 1 aliphatic heterocycles. The predicted octanol–water partition coefficient (Wildman–Crippen LogP) is 2.83. The standard InChI is InChI=1S/C18H24N2O3/c1-13-11-14-12-15(19)6-7-16(14)20(18(13)21)8-4-10-23-17-5-2-3-9-22-17/h6-7,11-12,17H,2-5,8-10,19H2,1H3. The first-order valence-electron chi connectivity index (χ1n) is 8.28. The molecule has 3 rings (SSSR count). The minimum absolute atomic E-state index is 0.0520. The Morgan fingerprint density at radius 3 is 3.00 bits per heavy atom. The number of hydrogen-bond donors (Lipinski definition) is 1. The fourth-order valence-corrected chi connectivity index (χ4v) is 3.05. The number of pyridine rings is 1. The number of nitrogen functional groups attached to an aromatic ring is 1. The monoisotopic (exact) mass is 316 g/mol. The van der Waals surface area contributed by atoms with Gasteiger partial charge in [-0.2, -0.15) is 0 Å². The molecular weight excluding hydrogens is 292 g/mol. The van der Waals surface area contributed by atoms with Gasteiger partial charge in [-0.05, 0) is 56.9 Å². The van der Waals surface area contributed by atoms with Crippen molar-refractivity contribution in [3.63, 3.8) is 0 Å². The van der Waals surface area contributed by atoms with Crippen molar-refractivity contribution in [2.75, 3.05) is 18.9 Å². The molecule has 23 heavy (non-hydrogen) atoms. The van der Waals surface area contributed by atoms with Crippen LogP contribution in [0, 0.1) is 6.92 Å². The van der Waals surface area contributed by atoms with Crippen LogP contribution in [0.25, 0.3) is 10.9 Å². The number of benzene rings is 1. The predicted molar refractivity (Wildman–Crippen MR) is 91.5 cm³/mol. The molecule has 1 atom stereocenters. The summed E-state index contributed by atoms with van der Waals surface area (Å²) in [5.41, 5.74) is 8.26. The molecule has 0 bridgehead atoms. The maximum Gasteiger partial charge on any atom is 0.253 e. The van der Waals surface area contributed by atoms with Crippen LogP contribution in [-0.4, -0.2) is 24.1 Å². The number of ether oxygens (including phenoxy) is 2. The molecule has 1 aliphatic rings. The lowest BCUT2D eigenvalue weighted by atomic mass is 10.1. The van der Waals surface area contributed by atoms with Gasteiger partial charge in [0.25, 0.3) is 5.56 Å². The molecule has 2 heterocycles. The summed E-state index contributed by atoms with van der Waals surface area (Å²) in [6, 6.07) is 7.55. The number of hydrogen-bond acceptors (Lipinski definition) is 4. The van der Waals surface area contributed by atoms with E-state index in [1.807, 2.05) is 35.8 Å². The quantitative estimate of drug-likeness (QED) is 0.680. The van der Waals surface area contributed by atoms with E-state index in [9.17, 15) is 4.79 Å². The van der Waals surface area contributed by atoms with Crippen molar-refractivity contribution in [2.45, 2.75) is 45.4 Å². The van der Waals surface area contributed by atoms with Crippen molar-refractivity contribution < 1.29 is 9.47 Å². The number of nitrogens with zero attached hydrogens (tertiary/aromatic N) is 1. The zero-order valence-electron chi connectivity index (χ0n) is 13.6. The second kappa shape index (κ2) is 7.15. The number of aromatic nitrogens is 1. The third kappa shape index (κ3) is 3.74. The molecule has 1 unspecified atom stereocenters. The van der Waals surface area contributed by atoms with Crippen LogP contribution in [0.2, 0.25) is 0 Å². The van der Waals surface area contributed by atoms with Crippen molar-refractivity contribution in [1.29, 1.82) is 0 Å². The molecule has 0 aliphatic carbocycles. The maximum atomic E-state index is 12.4. The average Bonchev–Trinajstić information content (AvgIpc) is 2.55. The first-order valence-corrected chi connectivity index (χ1v) is 8.28. The highest BCUT2D eigenvalue weighted by molar-refractivity contribution is 5.82. The normalized spacial score (nSPS) is 18.4. The van der Waals surface area contributed by atoms with Crippen LogP contribution in [-0.2, 0) is 16.0 Å². The fraction of sp³-hybridized carbons (Fsp3) is 0.500. The summed E-state index contributed by atoms with van der Waals surface area (Å²) in [6.07, 6.45) is 3.95. The van der Waals surface area contributed by atoms with Crippen LogP contribution >= 0.6 is 0 Å². The molecule has 0 saturated carbocycles. The van der Waals surface area contributed by atoms with Gasteiger partial charge < -0.3 is 19.8 Å². The number of aryl methyl sites for hydroxylation is 2. The van der Waals surface area contributed by atoms with Gasteiger partial charge in [0.05, 0.1) is 12.1 Å². The molecule has 1 aromatic heterocycles. The topological polar surface area (TPSA) is 66.5 Å². The van der Waals surface area contributed by atoms with Gasteiger partial charge in [-0.1, -0.05) is 0 Å². The van der Waals surface area contributed by atoms with Gasteiger partial charge in [-0.3, -0.25) is 4.79 Å². The highest BCUT2D eigenvalue weighted by Gasteiger charge is 2.13. The lowest BCUT2D eigenvalue weighted by molar-refractivity contribution is -0.163. The molecule has 2 N–H and O–H groups in total. The molecule has 1 aromatic carbocycles. The highest BCUT2D eigenvalue weighted by atomic mass is 16.7. The molecule has 2 aromatic rings. The van der Waals surface area contributed by atoms with E-state index in [-0.39, 0.29) is 11.8 Å². The van der Waals surface area contributed by atoms with Gasteiger partial charge >= 0.3 is 0 Å². The van der Waals surface area contributed by atoms with Crippen molar-refractivity contribution >= 4 is 16.6 Å². The van der Waals surface area contributed by atoms with Crippen molar-refractivity contribution in [2.24, 2.45) is 0 Å². The maximum absolute atomic E-state index is 12.4. The van der Waals surface area contributed by atoms with E-state index in [1.54, 1.807) is 0 Å². The first kappa shape index (κ1) is 16.0.